The molecular formula is C35H43ClN6O4S. The molecule has 2 unspecified atom stereocenters. The smallest absolute Gasteiger partial charge is 0.337 e. The van der Waals surface area contributed by atoms with Crippen LogP contribution in [-0.4, -0.2) is 90.3 Å². The number of nitrogens with one attached hydrogen (secondary N) is 1. The number of nitrogens with zero attached hydrogens (tertiary/aromatic N) is 5. The first-order valence-corrected chi connectivity index (χ1v) is 16.1. The van der Waals surface area contributed by atoms with Crippen molar-refractivity contribution in [3.63, 3.8) is 0 Å². The number of carbonyl (C=O) groups is 2. The summed E-state index contributed by atoms with van der Waals surface area (Å²) in [5, 5.41) is 16.2. The van der Waals surface area contributed by atoms with Gasteiger partial charge in [-0.2, -0.15) is 0 Å². The van der Waals surface area contributed by atoms with E-state index in [1.165, 1.54) is 11.3 Å². The molecule has 0 aliphatic heterocycles. The van der Waals surface area contributed by atoms with Crippen LogP contribution in [0.1, 0.15) is 36.2 Å². The van der Waals surface area contributed by atoms with E-state index in [4.69, 9.17) is 4.74 Å². The number of hydrogen-bond donors (Lipinski definition) is 2. The third-order valence-electron chi connectivity index (χ3n) is 6.52. The van der Waals surface area contributed by atoms with Gasteiger partial charge < -0.3 is 20.1 Å². The Hall–Kier alpha value is -4.25. The second kappa shape index (κ2) is 21.5. The van der Waals surface area contributed by atoms with Gasteiger partial charge in [-0.1, -0.05) is 60.7 Å². The van der Waals surface area contributed by atoms with Crippen molar-refractivity contribution in [3.05, 3.63) is 95.5 Å². The summed E-state index contributed by atoms with van der Waals surface area (Å²) in [4.78, 5) is 44.7. The number of aliphatic hydroxyl groups is 1. The average Bonchev–Trinajstić information content (AvgIpc) is 3.57. The Morgan fingerprint density at radius 3 is 2.38 bits per heavy atom. The van der Waals surface area contributed by atoms with Crippen molar-refractivity contribution < 1.29 is 19.4 Å². The molecule has 0 radical (unpaired) electrons. The maximum Gasteiger partial charge on any atom is 0.337 e. The Bertz CT molecular complexity index is 1560. The van der Waals surface area contributed by atoms with Crippen LogP contribution in [0.4, 0.5) is 0 Å². The van der Waals surface area contributed by atoms with Crippen LogP contribution in [-0.2, 0) is 16.0 Å². The summed E-state index contributed by atoms with van der Waals surface area (Å²) in [5.41, 5.74) is 3.13. The first-order valence-electron chi connectivity index (χ1n) is 15.2. The molecule has 0 spiro atoms. The average molecular weight is 679 g/mol. The van der Waals surface area contributed by atoms with Gasteiger partial charge in [0.25, 0.3) is 5.91 Å². The summed E-state index contributed by atoms with van der Waals surface area (Å²) in [6.45, 7) is 6.45. The van der Waals surface area contributed by atoms with Crippen LogP contribution in [0.3, 0.4) is 0 Å². The van der Waals surface area contributed by atoms with E-state index >= 15 is 0 Å². The molecule has 0 saturated carbocycles. The minimum absolute atomic E-state index is 0. The molecule has 2 heterocycles. The van der Waals surface area contributed by atoms with Crippen LogP contribution in [0.5, 0.6) is 0 Å². The summed E-state index contributed by atoms with van der Waals surface area (Å²) < 4.78 is 4.99. The Balaban J connectivity index is 0.000000551. The summed E-state index contributed by atoms with van der Waals surface area (Å²) in [6, 6.07) is 24.1. The fraction of sp³-hybridized carbons (Fsp3) is 0.343. The Labute approximate surface area is 287 Å². The molecule has 12 heteroatoms. The van der Waals surface area contributed by atoms with E-state index in [0.29, 0.717) is 17.0 Å². The third kappa shape index (κ3) is 13.2. The molecular weight excluding hydrogens is 636 g/mol. The molecule has 2 aromatic carbocycles. The Kier molecular flexibility index (Phi) is 17.8. The number of aliphatic hydroxyl groups excluding tert-OH is 1. The molecule has 0 saturated heterocycles. The number of rotatable bonds is 14. The first-order chi connectivity index (χ1) is 22.3. The highest BCUT2D eigenvalue weighted by molar-refractivity contribution is 7.13. The molecule has 1 amide bonds. The number of pyridine rings is 1. The van der Waals surface area contributed by atoms with E-state index < -0.39 is 24.0 Å². The normalized spacial score (nSPS) is 11.5. The van der Waals surface area contributed by atoms with Crippen LogP contribution in [0.2, 0.25) is 0 Å². The summed E-state index contributed by atoms with van der Waals surface area (Å²) >= 11 is 1.46. The van der Waals surface area contributed by atoms with Gasteiger partial charge in [-0.05, 0) is 65.0 Å². The summed E-state index contributed by atoms with van der Waals surface area (Å²) in [5.74, 6) is -1.25. The van der Waals surface area contributed by atoms with Crippen molar-refractivity contribution in [1.82, 2.24) is 20.2 Å². The lowest BCUT2D eigenvalue weighted by molar-refractivity contribution is -0.154. The van der Waals surface area contributed by atoms with Crippen LogP contribution in [0.25, 0.3) is 22.0 Å². The summed E-state index contributed by atoms with van der Waals surface area (Å²) in [7, 11) is 4.12. The predicted octanol–water partition coefficient (Wildman–Crippen LogP) is 5.69. The zero-order valence-corrected chi connectivity index (χ0v) is 28.8. The molecule has 47 heavy (non-hydrogen) atoms. The zero-order valence-electron chi connectivity index (χ0n) is 27.2. The molecule has 10 nitrogen and oxygen atoms in total. The molecule has 4 aromatic rings. The zero-order chi connectivity index (χ0) is 33.1. The first kappa shape index (κ1) is 38.9. The topological polar surface area (TPSA) is 129 Å². The number of benzene rings is 2. The molecule has 0 fully saturated rings. The second-order valence-corrected chi connectivity index (χ2v) is 11.2. The van der Waals surface area contributed by atoms with Crippen LogP contribution in [0.15, 0.2) is 94.4 Å². The van der Waals surface area contributed by atoms with Gasteiger partial charge in [0.1, 0.15) is 16.4 Å². The molecule has 2 atom stereocenters. The van der Waals surface area contributed by atoms with E-state index in [9.17, 15) is 14.7 Å². The number of carbonyl (C=O) groups excluding carboxylic acids is 2. The minimum Gasteiger partial charge on any atom is -0.464 e. The molecule has 2 aromatic heterocycles. The molecule has 0 bridgehead atoms. The van der Waals surface area contributed by atoms with Crippen molar-refractivity contribution in [2.24, 2.45) is 9.98 Å². The maximum atomic E-state index is 13.4. The SMILES string of the molecule is CCN=C=NCCCN(C)C.CCOC(=O)C(O)C(Cc1ccccc1)NC(=O)c1cccnc1-c1csc(-c2ccccc2)n1.Cl. The Morgan fingerprint density at radius 2 is 1.72 bits per heavy atom. The predicted molar refractivity (Wildman–Crippen MR) is 191 cm³/mol. The lowest BCUT2D eigenvalue weighted by atomic mass is 10.00. The standard InChI is InChI=1S/C27H25N3O4S.C8H17N3.ClH/c1-2-34-27(33)24(31)21(16-18-10-5-3-6-11-18)29-25(32)20-14-9-15-28-23(20)22-17-35-26(30-22)19-12-7-4-8-13-19;1-4-9-8-10-6-5-7-11(2)3;/h3-15,17,21,24,31H,2,16H2,1H3,(H,29,32);4-7H2,1-3H3;1H. The van der Waals surface area contributed by atoms with Gasteiger partial charge in [0.15, 0.2) is 6.10 Å². The number of amides is 1. The number of hydrogen-bond acceptors (Lipinski definition) is 10. The molecule has 250 valence electrons. The lowest BCUT2D eigenvalue weighted by Gasteiger charge is -2.23. The van der Waals surface area contributed by atoms with Gasteiger partial charge in [-0.25, -0.2) is 19.8 Å². The highest BCUT2D eigenvalue weighted by atomic mass is 35.5. The number of esters is 1. The van der Waals surface area contributed by atoms with Crippen molar-refractivity contribution >= 4 is 41.6 Å². The highest BCUT2D eigenvalue weighted by Gasteiger charge is 2.30. The van der Waals surface area contributed by atoms with Crippen molar-refractivity contribution in [2.75, 3.05) is 40.3 Å². The quantitative estimate of drug-likeness (QED) is 0.0996. The van der Waals surface area contributed by atoms with E-state index in [2.05, 4.69) is 50.3 Å². The monoisotopic (exact) mass is 678 g/mol. The molecule has 0 aliphatic rings. The summed E-state index contributed by atoms with van der Waals surface area (Å²) in [6.07, 6.45) is 1.40. The third-order valence-corrected chi connectivity index (χ3v) is 7.41. The van der Waals surface area contributed by atoms with E-state index in [-0.39, 0.29) is 25.4 Å². The number of aromatic nitrogens is 2. The fourth-order valence-electron chi connectivity index (χ4n) is 4.27. The van der Waals surface area contributed by atoms with Crippen molar-refractivity contribution in [2.45, 2.75) is 38.8 Å². The van der Waals surface area contributed by atoms with Gasteiger partial charge in [0.05, 0.1) is 30.8 Å². The maximum absolute atomic E-state index is 13.4. The van der Waals surface area contributed by atoms with Gasteiger partial charge >= 0.3 is 5.97 Å². The number of thiazole rings is 1. The largest absolute Gasteiger partial charge is 0.464 e. The van der Waals surface area contributed by atoms with Crippen LogP contribution in [0, 0.1) is 0 Å². The van der Waals surface area contributed by atoms with Crippen molar-refractivity contribution in [3.8, 4) is 22.0 Å². The van der Waals surface area contributed by atoms with E-state index in [1.54, 1.807) is 25.3 Å². The minimum atomic E-state index is -1.52. The van der Waals surface area contributed by atoms with E-state index in [1.807, 2.05) is 73.0 Å². The van der Waals surface area contributed by atoms with Crippen LogP contribution >= 0.6 is 23.7 Å². The van der Waals surface area contributed by atoms with Gasteiger partial charge in [-0.3, -0.25) is 9.78 Å². The van der Waals surface area contributed by atoms with Crippen LogP contribution < -0.4 is 5.32 Å². The van der Waals surface area contributed by atoms with E-state index in [0.717, 1.165) is 42.2 Å². The number of ether oxygens (including phenoxy) is 1. The van der Waals surface area contributed by atoms with Gasteiger partial charge in [-0.15, -0.1) is 23.7 Å². The second-order valence-electron chi connectivity index (χ2n) is 10.4. The molecule has 4 rings (SSSR count). The number of halogens is 1. The highest BCUT2D eigenvalue weighted by Crippen LogP contribution is 2.29. The Morgan fingerprint density at radius 1 is 1.02 bits per heavy atom. The molecule has 0 aliphatic carbocycles. The number of aliphatic imine (C=N–C) groups is 2. The van der Waals surface area contributed by atoms with Crippen molar-refractivity contribution in [1.29, 1.82) is 0 Å². The van der Waals surface area contributed by atoms with Gasteiger partial charge in [0.2, 0.25) is 0 Å². The lowest BCUT2D eigenvalue weighted by Crippen LogP contribution is -2.49. The fourth-order valence-corrected chi connectivity index (χ4v) is 5.08. The molecule has 2 N–H and O–H groups in total. The van der Waals surface area contributed by atoms with Gasteiger partial charge in [0, 0.05) is 23.7 Å².